The van der Waals surface area contributed by atoms with Crippen molar-refractivity contribution in [1.82, 2.24) is 5.32 Å². The van der Waals surface area contributed by atoms with Crippen LogP contribution in [0, 0.1) is 5.92 Å². The number of carbonyl (C=O) groups is 2. The number of piperidine rings is 1. The highest BCUT2D eigenvalue weighted by atomic mass is 16.5. The Hall–Kier alpha value is -1.66. The Labute approximate surface area is 142 Å². The minimum absolute atomic E-state index is 0.0838. The molecular weight excluding hydrogens is 305 g/mol. The Balaban J connectivity index is 1.64. The van der Waals surface area contributed by atoms with Crippen molar-refractivity contribution < 1.29 is 19.3 Å². The van der Waals surface area contributed by atoms with E-state index >= 15 is 0 Å². The van der Waals surface area contributed by atoms with Gasteiger partial charge in [0.25, 0.3) is 0 Å². The molecule has 0 amide bonds. The number of ketones is 2. The molecule has 3 rings (SSSR count). The predicted octanol–water partition coefficient (Wildman–Crippen LogP) is 2.02. The lowest BCUT2D eigenvalue weighted by atomic mass is 9.64. The number of carbonyl (C=O) groups excluding carboxylic acids is 2. The van der Waals surface area contributed by atoms with E-state index in [-0.39, 0.29) is 17.4 Å². The van der Waals surface area contributed by atoms with E-state index in [0.29, 0.717) is 36.5 Å². The average molecular weight is 329 g/mol. The van der Waals surface area contributed by atoms with Crippen LogP contribution in [0.15, 0.2) is 18.2 Å². The molecule has 0 spiro atoms. The average Bonchev–Trinajstić information content (AvgIpc) is 2.55. The van der Waals surface area contributed by atoms with Crippen molar-refractivity contribution in [2.45, 2.75) is 44.8 Å². The van der Waals surface area contributed by atoms with E-state index in [2.05, 4.69) is 5.32 Å². The van der Waals surface area contributed by atoms with Crippen molar-refractivity contribution in [2.24, 2.45) is 5.92 Å². The van der Waals surface area contributed by atoms with Gasteiger partial charge in [0.1, 0.15) is 11.5 Å². The summed E-state index contributed by atoms with van der Waals surface area (Å²) >= 11 is 0. The van der Waals surface area contributed by atoms with Gasteiger partial charge >= 0.3 is 7.12 Å². The van der Waals surface area contributed by atoms with Crippen molar-refractivity contribution in [3.63, 3.8) is 0 Å². The number of rotatable bonds is 5. The van der Waals surface area contributed by atoms with Crippen molar-refractivity contribution >= 4 is 18.7 Å². The quantitative estimate of drug-likeness (QED) is 0.639. The van der Waals surface area contributed by atoms with Crippen LogP contribution in [0.2, 0.25) is 5.82 Å². The Morgan fingerprint density at radius 2 is 2.04 bits per heavy atom. The number of nitrogens with one attached hydrogen (secondary N) is 1. The molecule has 1 saturated heterocycles. The number of hydrogen-bond donors (Lipinski definition) is 2. The van der Waals surface area contributed by atoms with Crippen LogP contribution in [0.25, 0.3) is 0 Å². The topological polar surface area (TPSA) is 75.6 Å². The highest BCUT2D eigenvalue weighted by Gasteiger charge is 2.37. The van der Waals surface area contributed by atoms with Gasteiger partial charge in [-0.2, -0.15) is 0 Å². The van der Waals surface area contributed by atoms with E-state index in [9.17, 15) is 14.6 Å². The molecule has 0 bridgehead atoms. The van der Waals surface area contributed by atoms with Crippen LogP contribution in [-0.2, 0) is 11.2 Å². The molecule has 24 heavy (non-hydrogen) atoms. The molecule has 2 aliphatic rings. The van der Waals surface area contributed by atoms with Crippen molar-refractivity contribution in [3.8, 4) is 5.75 Å². The van der Waals surface area contributed by atoms with Gasteiger partial charge in [0.2, 0.25) is 0 Å². The molecule has 6 heteroatoms. The van der Waals surface area contributed by atoms with Gasteiger partial charge in [0.05, 0.1) is 5.56 Å². The molecule has 1 atom stereocenters. The summed E-state index contributed by atoms with van der Waals surface area (Å²) in [6.07, 6.45) is 3.57. The van der Waals surface area contributed by atoms with Crippen molar-refractivity contribution in [1.29, 1.82) is 0 Å². The summed E-state index contributed by atoms with van der Waals surface area (Å²) in [5, 5.41) is 13.6. The van der Waals surface area contributed by atoms with Gasteiger partial charge in [-0.3, -0.25) is 9.59 Å². The largest absolute Gasteiger partial charge is 0.535 e. The zero-order valence-electron chi connectivity index (χ0n) is 14.1. The van der Waals surface area contributed by atoms with E-state index in [0.717, 1.165) is 31.5 Å². The Bertz CT molecular complexity index is 627. The van der Waals surface area contributed by atoms with Crippen molar-refractivity contribution in [3.05, 3.63) is 29.3 Å². The fraction of sp³-hybridized carbons (Fsp3) is 0.556. The van der Waals surface area contributed by atoms with Gasteiger partial charge < -0.3 is 15.0 Å². The number of fused-ring (bicyclic) bond motifs is 1. The summed E-state index contributed by atoms with van der Waals surface area (Å²) in [6, 6.07) is 5.43. The lowest BCUT2D eigenvalue weighted by Gasteiger charge is -2.29. The molecular formula is C18H24BNO4. The van der Waals surface area contributed by atoms with E-state index in [4.69, 9.17) is 4.65 Å². The summed E-state index contributed by atoms with van der Waals surface area (Å²) in [5.41, 5.74) is 1.39. The van der Waals surface area contributed by atoms with Crippen LogP contribution in [0.5, 0.6) is 5.75 Å². The fourth-order valence-corrected chi connectivity index (χ4v) is 3.72. The molecule has 0 aliphatic carbocycles. The molecule has 0 unspecified atom stereocenters. The zero-order chi connectivity index (χ0) is 17.1. The molecule has 5 nitrogen and oxygen atoms in total. The third kappa shape index (κ3) is 3.87. The standard InChI is InChI=1S/C18H24BNO4/c1-12(21)17-4-2-3-14-10-15(19(23)24-18(14)17)11-16(22)9-13-5-7-20-8-6-13/h2-4,13,15,20,23H,5-11H2,1H3/t15-/m1/s1. The molecule has 128 valence electrons. The molecule has 2 aliphatic heterocycles. The van der Waals surface area contributed by atoms with Gasteiger partial charge in [-0.1, -0.05) is 12.1 Å². The maximum atomic E-state index is 12.4. The van der Waals surface area contributed by atoms with Crippen molar-refractivity contribution in [2.75, 3.05) is 13.1 Å². The number of hydrogen-bond acceptors (Lipinski definition) is 5. The summed E-state index contributed by atoms with van der Waals surface area (Å²) in [4.78, 5) is 24.1. The highest BCUT2D eigenvalue weighted by molar-refractivity contribution is 6.47. The van der Waals surface area contributed by atoms with Crippen LogP contribution in [0.4, 0.5) is 0 Å². The SMILES string of the molecule is CC(=O)c1cccc2c1OB(O)[C@@H](CC(=O)CC1CCNCC1)C2. The third-order valence-electron chi connectivity index (χ3n) is 5.06. The smallest absolute Gasteiger partial charge is 0.526 e. The predicted molar refractivity (Wildman–Crippen MR) is 92.3 cm³/mol. The van der Waals surface area contributed by atoms with E-state index < -0.39 is 7.12 Å². The second-order valence-electron chi connectivity index (χ2n) is 6.96. The van der Waals surface area contributed by atoms with E-state index in [1.807, 2.05) is 12.1 Å². The van der Waals surface area contributed by atoms with Crippen LogP contribution < -0.4 is 9.97 Å². The first-order valence-electron chi connectivity index (χ1n) is 8.74. The molecule has 1 aromatic carbocycles. The second kappa shape index (κ2) is 7.49. The highest BCUT2D eigenvalue weighted by Crippen LogP contribution is 2.36. The summed E-state index contributed by atoms with van der Waals surface area (Å²) in [7, 11) is -1.03. The lowest BCUT2D eigenvalue weighted by molar-refractivity contribution is -0.120. The van der Waals surface area contributed by atoms with Gasteiger partial charge in [-0.15, -0.1) is 0 Å². The molecule has 2 N–H and O–H groups in total. The van der Waals surface area contributed by atoms with E-state index in [1.165, 1.54) is 6.92 Å². The molecule has 0 saturated carbocycles. The normalized spacial score (nSPS) is 21.1. The molecule has 0 radical (unpaired) electrons. The minimum atomic E-state index is -1.03. The summed E-state index contributed by atoms with van der Waals surface area (Å²) in [6.45, 7) is 3.45. The third-order valence-corrected chi connectivity index (χ3v) is 5.06. The molecule has 1 fully saturated rings. The van der Waals surface area contributed by atoms with E-state index in [1.54, 1.807) is 6.07 Å². The first-order valence-corrected chi connectivity index (χ1v) is 8.74. The number of Topliss-reactive ketones (excluding diaryl/α,β-unsaturated/α-hetero) is 2. The summed E-state index contributed by atoms with van der Waals surface area (Å²) in [5.74, 6) is 0.797. The monoisotopic (exact) mass is 329 g/mol. The van der Waals surface area contributed by atoms with Gasteiger partial charge in [-0.25, -0.2) is 0 Å². The Morgan fingerprint density at radius 1 is 1.29 bits per heavy atom. The van der Waals surface area contributed by atoms with Gasteiger partial charge in [0, 0.05) is 18.7 Å². The number of benzene rings is 1. The zero-order valence-corrected chi connectivity index (χ0v) is 14.1. The lowest BCUT2D eigenvalue weighted by Crippen LogP contribution is -2.36. The second-order valence-corrected chi connectivity index (χ2v) is 6.96. The van der Waals surface area contributed by atoms with Crippen LogP contribution >= 0.6 is 0 Å². The first-order chi connectivity index (χ1) is 11.5. The Kier molecular flexibility index (Phi) is 5.36. The fourth-order valence-electron chi connectivity index (χ4n) is 3.72. The molecule has 2 heterocycles. The number of para-hydroxylation sites is 1. The van der Waals surface area contributed by atoms with Crippen LogP contribution in [0.1, 0.15) is 48.5 Å². The van der Waals surface area contributed by atoms with Crippen LogP contribution in [-0.4, -0.2) is 36.8 Å². The van der Waals surface area contributed by atoms with Gasteiger partial charge in [-0.05, 0) is 56.8 Å². The first kappa shape index (κ1) is 17.2. The maximum Gasteiger partial charge on any atom is 0.526 e. The van der Waals surface area contributed by atoms with Crippen LogP contribution in [0.3, 0.4) is 0 Å². The molecule has 1 aromatic rings. The Morgan fingerprint density at radius 3 is 2.75 bits per heavy atom. The maximum absolute atomic E-state index is 12.4. The summed E-state index contributed by atoms with van der Waals surface area (Å²) < 4.78 is 5.60. The minimum Gasteiger partial charge on any atom is -0.535 e. The molecule has 0 aromatic heterocycles. The van der Waals surface area contributed by atoms with Gasteiger partial charge in [0.15, 0.2) is 5.78 Å².